The molecule has 4 rings (SSSR count). The van der Waals surface area contributed by atoms with Crippen molar-refractivity contribution in [1.82, 2.24) is 19.9 Å². The fourth-order valence-corrected chi connectivity index (χ4v) is 2.88. The molecule has 3 aromatic rings. The standard InChI is InChI=1S/C19H17N5O/c25-16-5-10-24(11-6-16)18-12-17(14-3-8-20-9-4-14)22-19(23-18)15-2-1-7-21-13-15/h1-4,7-9,12-13H,5-6,10-11H2. The van der Waals surface area contributed by atoms with E-state index >= 15 is 0 Å². The van der Waals surface area contributed by atoms with E-state index in [2.05, 4.69) is 14.9 Å². The van der Waals surface area contributed by atoms with Gasteiger partial charge in [-0.2, -0.15) is 0 Å². The van der Waals surface area contributed by atoms with Crippen molar-refractivity contribution in [2.45, 2.75) is 12.8 Å². The predicted molar refractivity (Wildman–Crippen MR) is 94.9 cm³/mol. The summed E-state index contributed by atoms with van der Waals surface area (Å²) in [7, 11) is 0. The largest absolute Gasteiger partial charge is 0.356 e. The number of hydrogen-bond acceptors (Lipinski definition) is 6. The first-order valence-corrected chi connectivity index (χ1v) is 8.26. The molecule has 4 heterocycles. The van der Waals surface area contributed by atoms with E-state index in [1.165, 1.54) is 0 Å². The maximum atomic E-state index is 11.5. The molecule has 1 fully saturated rings. The van der Waals surface area contributed by atoms with Crippen LogP contribution < -0.4 is 4.90 Å². The average Bonchev–Trinajstić information content (AvgIpc) is 2.69. The number of anilines is 1. The van der Waals surface area contributed by atoms with Gasteiger partial charge in [-0.05, 0) is 24.3 Å². The predicted octanol–water partition coefficient (Wildman–Crippen LogP) is 2.77. The van der Waals surface area contributed by atoms with Crippen molar-refractivity contribution in [2.24, 2.45) is 0 Å². The number of ketones is 1. The third kappa shape index (κ3) is 3.38. The molecule has 1 saturated heterocycles. The number of Topliss-reactive ketones (excluding diaryl/α,β-unsaturated/α-hetero) is 1. The Morgan fingerprint density at radius 2 is 1.68 bits per heavy atom. The maximum absolute atomic E-state index is 11.5. The zero-order valence-corrected chi connectivity index (χ0v) is 13.7. The Morgan fingerprint density at radius 3 is 2.40 bits per heavy atom. The Labute approximate surface area is 145 Å². The second-order valence-electron chi connectivity index (χ2n) is 5.94. The van der Waals surface area contributed by atoms with E-state index in [1.807, 2.05) is 30.3 Å². The zero-order chi connectivity index (χ0) is 17.1. The minimum atomic E-state index is 0.312. The van der Waals surface area contributed by atoms with Crippen LogP contribution in [0.5, 0.6) is 0 Å². The van der Waals surface area contributed by atoms with Gasteiger partial charge in [-0.15, -0.1) is 0 Å². The smallest absolute Gasteiger partial charge is 0.163 e. The fraction of sp³-hybridized carbons (Fsp3) is 0.211. The number of rotatable bonds is 3. The van der Waals surface area contributed by atoms with E-state index in [4.69, 9.17) is 9.97 Å². The van der Waals surface area contributed by atoms with E-state index in [1.54, 1.807) is 24.8 Å². The maximum Gasteiger partial charge on any atom is 0.163 e. The molecule has 1 aliphatic heterocycles. The van der Waals surface area contributed by atoms with Crippen LogP contribution in [0.15, 0.2) is 55.1 Å². The molecule has 0 radical (unpaired) electrons. The molecule has 6 nitrogen and oxygen atoms in total. The SMILES string of the molecule is O=C1CCN(c2cc(-c3ccncc3)nc(-c3cccnc3)n2)CC1. The van der Waals surface area contributed by atoms with Crippen molar-refractivity contribution in [3.8, 4) is 22.6 Å². The molecule has 0 atom stereocenters. The van der Waals surface area contributed by atoms with Crippen LogP contribution >= 0.6 is 0 Å². The molecule has 0 aliphatic carbocycles. The average molecular weight is 331 g/mol. The highest BCUT2D eigenvalue weighted by molar-refractivity contribution is 5.81. The normalized spacial score (nSPS) is 14.6. The van der Waals surface area contributed by atoms with Crippen molar-refractivity contribution in [3.63, 3.8) is 0 Å². The van der Waals surface area contributed by atoms with Crippen LogP contribution in [0, 0.1) is 0 Å². The quantitative estimate of drug-likeness (QED) is 0.735. The number of aromatic nitrogens is 4. The minimum Gasteiger partial charge on any atom is -0.356 e. The van der Waals surface area contributed by atoms with Gasteiger partial charge >= 0.3 is 0 Å². The Bertz CT molecular complexity index is 815. The molecule has 0 bridgehead atoms. The third-order valence-corrected chi connectivity index (χ3v) is 4.25. The molecular weight excluding hydrogens is 314 g/mol. The molecule has 124 valence electrons. The highest BCUT2D eigenvalue weighted by atomic mass is 16.1. The van der Waals surface area contributed by atoms with Gasteiger partial charge in [0.1, 0.15) is 11.6 Å². The summed E-state index contributed by atoms with van der Waals surface area (Å²) in [4.78, 5) is 31.4. The lowest BCUT2D eigenvalue weighted by Crippen LogP contribution is -2.34. The first-order valence-electron chi connectivity index (χ1n) is 8.26. The molecule has 0 amide bonds. The molecule has 0 unspecified atom stereocenters. The number of pyridine rings is 2. The van der Waals surface area contributed by atoms with Crippen LogP contribution in [-0.4, -0.2) is 38.8 Å². The van der Waals surface area contributed by atoms with Crippen molar-refractivity contribution in [3.05, 3.63) is 55.1 Å². The number of hydrogen-bond donors (Lipinski definition) is 0. The Morgan fingerprint density at radius 1 is 0.880 bits per heavy atom. The summed E-state index contributed by atoms with van der Waals surface area (Å²) < 4.78 is 0. The van der Waals surface area contributed by atoms with E-state index in [-0.39, 0.29) is 0 Å². The van der Waals surface area contributed by atoms with Gasteiger partial charge in [-0.25, -0.2) is 9.97 Å². The molecule has 0 aromatic carbocycles. The van der Waals surface area contributed by atoms with Gasteiger partial charge < -0.3 is 4.90 Å². The molecular formula is C19H17N5O. The van der Waals surface area contributed by atoms with Gasteiger partial charge in [0.25, 0.3) is 0 Å². The molecule has 0 N–H and O–H groups in total. The van der Waals surface area contributed by atoms with Crippen LogP contribution in [0.1, 0.15) is 12.8 Å². The van der Waals surface area contributed by atoms with Gasteiger partial charge in [0.05, 0.1) is 5.69 Å². The second kappa shape index (κ2) is 6.76. The van der Waals surface area contributed by atoms with E-state index in [0.29, 0.717) is 37.5 Å². The fourth-order valence-electron chi connectivity index (χ4n) is 2.88. The van der Waals surface area contributed by atoms with Gasteiger partial charge in [0.2, 0.25) is 0 Å². The van der Waals surface area contributed by atoms with Crippen LogP contribution in [-0.2, 0) is 4.79 Å². The van der Waals surface area contributed by atoms with Crippen LogP contribution in [0.3, 0.4) is 0 Å². The van der Waals surface area contributed by atoms with Crippen LogP contribution in [0.4, 0.5) is 5.82 Å². The summed E-state index contributed by atoms with van der Waals surface area (Å²) in [6.45, 7) is 1.39. The van der Waals surface area contributed by atoms with Crippen molar-refractivity contribution in [1.29, 1.82) is 0 Å². The number of carbonyl (C=O) groups is 1. The van der Waals surface area contributed by atoms with Crippen LogP contribution in [0.2, 0.25) is 0 Å². The molecule has 0 saturated carbocycles. The number of nitrogens with zero attached hydrogens (tertiary/aromatic N) is 5. The second-order valence-corrected chi connectivity index (χ2v) is 5.94. The van der Waals surface area contributed by atoms with Gasteiger partial charge in [0, 0.05) is 67.9 Å². The monoisotopic (exact) mass is 331 g/mol. The highest BCUT2D eigenvalue weighted by Crippen LogP contribution is 2.26. The summed E-state index contributed by atoms with van der Waals surface area (Å²) in [6.07, 6.45) is 8.12. The van der Waals surface area contributed by atoms with Crippen LogP contribution in [0.25, 0.3) is 22.6 Å². The Kier molecular flexibility index (Phi) is 4.16. The first kappa shape index (κ1) is 15.4. The first-order chi connectivity index (χ1) is 12.3. The molecule has 0 spiro atoms. The van der Waals surface area contributed by atoms with Gasteiger partial charge in [0.15, 0.2) is 5.82 Å². The minimum absolute atomic E-state index is 0.312. The lowest BCUT2D eigenvalue weighted by molar-refractivity contribution is -0.119. The molecule has 1 aliphatic rings. The van der Waals surface area contributed by atoms with E-state index < -0.39 is 0 Å². The number of piperidine rings is 1. The van der Waals surface area contributed by atoms with Crippen molar-refractivity contribution < 1.29 is 4.79 Å². The Balaban J connectivity index is 1.79. The van der Waals surface area contributed by atoms with Crippen molar-refractivity contribution >= 4 is 11.6 Å². The highest BCUT2D eigenvalue weighted by Gasteiger charge is 2.19. The zero-order valence-electron chi connectivity index (χ0n) is 13.7. The van der Waals surface area contributed by atoms with E-state index in [0.717, 1.165) is 22.6 Å². The van der Waals surface area contributed by atoms with Gasteiger partial charge in [-0.3, -0.25) is 14.8 Å². The van der Waals surface area contributed by atoms with Crippen molar-refractivity contribution in [2.75, 3.05) is 18.0 Å². The summed E-state index contributed by atoms with van der Waals surface area (Å²) >= 11 is 0. The summed E-state index contributed by atoms with van der Waals surface area (Å²) in [5.74, 6) is 1.79. The summed E-state index contributed by atoms with van der Waals surface area (Å²) in [5.41, 5.74) is 2.69. The molecule has 6 heteroatoms. The van der Waals surface area contributed by atoms with E-state index in [9.17, 15) is 4.79 Å². The Hall–Kier alpha value is -3.15. The number of carbonyl (C=O) groups excluding carboxylic acids is 1. The molecule has 25 heavy (non-hydrogen) atoms. The lowest BCUT2D eigenvalue weighted by Gasteiger charge is -2.27. The topological polar surface area (TPSA) is 71.9 Å². The van der Waals surface area contributed by atoms with Gasteiger partial charge in [-0.1, -0.05) is 0 Å². The molecule has 3 aromatic heterocycles. The third-order valence-electron chi connectivity index (χ3n) is 4.25. The lowest BCUT2D eigenvalue weighted by atomic mass is 10.1. The summed E-state index contributed by atoms with van der Waals surface area (Å²) in [5, 5.41) is 0. The summed E-state index contributed by atoms with van der Waals surface area (Å²) in [6, 6.07) is 9.65.